The van der Waals surface area contributed by atoms with Gasteiger partial charge in [-0.2, -0.15) is 0 Å². The number of nitrogens with one attached hydrogen (secondary N) is 1. The van der Waals surface area contributed by atoms with Crippen LogP contribution in [0.4, 0.5) is 0 Å². The van der Waals surface area contributed by atoms with Gasteiger partial charge in [-0.3, -0.25) is 4.57 Å². The molecular formula is C13H16N2O5. The summed E-state index contributed by atoms with van der Waals surface area (Å²) in [6.45, 7) is 1.44. The minimum absolute atomic E-state index is 0.426. The summed E-state index contributed by atoms with van der Waals surface area (Å²) in [5.74, 6) is 0. The van der Waals surface area contributed by atoms with Crippen LogP contribution in [-0.2, 0) is 4.74 Å². The summed E-state index contributed by atoms with van der Waals surface area (Å²) in [6.07, 6.45) is -4.43. The number of H-pyrrole nitrogens is 1. The second-order valence-electron chi connectivity index (χ2n) is 5.00. The molecule has 2 heterocycles. The van der Waals surface area contributed by atoms with Crippen molar-refractivity contribution in [3.8, 4) is 0 Å². The molecule has 0 unspecified atom stereocenters. The van der Waals surface area contributed by atoms with E-state index in [-0.39, 0.29) is 0 Å². The van der Waals surface area contributed by atoms with Crippen LogP contribution in [0.1, 0.15) is 11.8 Å². The van der Waals surface area contributed by atoms with Crippen LogP contribution in [0, 0.1) is 6.92 Å². The first-order valence-corrected chi connectivity index (χ1v) is 6.37. The van der Waals surface area contributed by atoms with Gasteiger partial charge in [0.2, 0.25) is 0 Å². The minimum Gasteiger partial charge on any atom is -0.394 e. The molecule has 0 saturated carbocycles. The van der Waals surface area contributed by atoms with Gasteiger partial charge in [0.25, 0.3) is 0 Å². The molecular weight excluding hydrogens is 264 g/mol. The van der Waals surface area contributed by atoms with E-state index in [0.717, 1.165) is 5.56 Å². The number of nitrogens with zero attached hydrogens (tertiary/aromatic N) is 1. The van der Waals surface area contributed by atoms with Crippen molar-refractivity contribution in [3.05, 3.63) is 34.2 Å². The lowest BCUT2D eigenvalue weighted by molar-refractivity contribution is -0.0522. The SMILES string of the molecule is Cc1cccc2c1[nH]c(=O)n2[C@@H]1O[C@H](CO)[C@@H](O)[C@H]1O. The number of aromatic amines is 1. The molecule has 7 heteroatoms. The van der Waals surface area contributed by atoms with E-state index in [4.69, 9.17) is 9.84 Å². The van der Waals surface area contributed by atoms with Crippen molar-refractivity contribution in [2.75, 3.05) is 6.61 Å². The summed E-state index contributed by atoms with van der Waals surface area (Å²) in [5.41, 5.74) is 1.72. The van der Waals surface area contributed by atoms with E-state index in [0.29, 0.717) is 11.0 Å². The van der Waals surface area contributed by atoms with Gasteiger partial charge in [-0.1, -0.05) is 12.1 Å². The van der Waals surface area contributed by atoms with Crippen molar-refractivity contribution in [1.82, 2.24) is 9.55 Å². The first-order valence-electron chi connectivity index (χ1n) is 6.37. The molecule has 0 radical (unpaired) electrons. The van der Waals surface area contributed by atoms with Crippen molar-refractivity contribution >= 4 is 11.0 Å². The molecule has 1 aliphatic heterocycles. The molecule has 1 fully saturated rings. The Kier molecular flexibility index (Phi) is 3.14. The van der Waals surface area contributed by atoms with Gasteiger partial charge in [0, 0.05) is 0 Å². The maximum Gasteiger partial charge on any atom is 0.328 e. The van der Waals surface area contributed by atoms with Gasteiger partial charge in [0.1, 0.15) is 18.3 Å². The van der Waals surface area contributed by atoms with Crippen LogP contribution in [0.2, 0.25) is 0 Å². The summed E-state index contributed by atoms with van der Waals surface area (Å²) in [6, 6.07) is 5.39. The van der Waals surface area contributed by atoms with Gasteiger partial charge in [0.05, 0.1) is 17.6 Å². The molecule has 3 rings (SSSR count). The third-order valence-electron chi connectivity index (χ3n) is 3.73. The molecule has 0 bridgehead atoms. The molecule has 4 N–H and O–H groups in total. The predicted molar refractivity (Wildman–Crippen MR) is 70.3 cm³/mol. The van der Waals surface area contributed by atoms with E-state index in [1.807, 2.05) is 13.0 Å². The number of aliphatic hydroxyl groups excluding tert-OH is 3. The molecule has 0 spiro atoms. The number of benzene rings is 1. The van der Waals surface area contributed by atoms with E-state index < -0.39 is 36.8 Å². The fraction of sp³-hybridized carbons (Fsp3) is 0.462. The Labute approximate surface area is 114 Å². The first kappa shape index (κ1) is 13.3. The first-order chi connectivity index (χ1) is 9.54. The van der Waals surface area contributed by atoms with Gasteiger partial charge in [-0.25, -0.2) is 4.79 Å². The number of hydrogen-bond acceptors (Lipinski definition) is 5. The number of para-hydroxylation sites is 1. The molecule has 1 saturated heterocycles. The van der Waals surface area contributed by atoms with Gasteiger partial charge in [-0.05, 0) is 18.6 Å². The molecule has 4 atom stereocenters. The predicted octanol–water partition coefficient (Wildman–Crippen LogP) is -0.750. The summed E-state index contributed by atoms with van der Waals surface area (Å²) in [4.78, 5) is 14.8. The highest BCUT2D eigenvalue weighted by Crippen LogP contribution is 2.30. The van der Waals surface area contributed by atoms with Crippen LogP contribution in [0.15, 0.2) is 23.0 Å². The summed E-state index contributed by atoms with van der Waals surface area (Å²) >= 11 is 0. The molecule has 1 aliphatic rings. The average molecular weight is 280 g/mol. The largest absolute Gasteiger partial charge is 0.394 e. The highest BCUT2D eigenvalue weighted by molar-refractivity contribution is 5.78. The second-order valence-corrected chi connectivity index (χ2v) is 5.00. The molecule has 108 valence electrons. The smallest absolute Gasteiger partial charge is 0.328 e. The zero-order valence-electron chi connectivity index (χ0n) is 10.9. The fourth-order valence-corrected chi connectivity index (χ4v) is 2.64. The maximum absolute atomic E-state index is 12.1. The van der Waals surface area contributed by atoms with Crippen LogP contribution in [0.3, 0.4) is 0 Å². The number of hydrogen-bond donors (Lipinski definition) is 4. The third kappa shape index (κ3) is 1.79. The topological polar surface area (TPSA) is 108 Å². The van der Waals surface area contributed by atoms with E-state index in [1.165, 1.54) is 4.57 Å². The highest BCUT2D eigenvalue weighted by atomic mass is 16.6. The maximum atomic E-state index is 12.1. The Morgan fingerprint density at radius 3 is 2.75 bits per heavy atom. The number of aromatic nitrogens is 2. The van der Waals surface area contributed by atoms with Crippen molar-refractivity contribution in [3.63, 3.8) is 0 Å². The number of aryl methyl sites for hydroxylation is 1. The second kappa shape index (κ2) is 4.71. The average Bonchev–Trinajstić information content (AvgIpc) is 2.90. The number of imidazole rings is 1. The Morgan fingerprint density at radius 1 is 1.35 bits per heavy atom. The van der Waals surface area contributed by atoms with Crippen molar-refractivity contribution in [2.24, 2.45) is 0 Å². The monoisotopic (exact) mass is 280 g/mol. The van der Waals surface area contributed by atoms with E-state index in [1.54, 1.807) is 12.1 Å². The molecule has 1 aromatic heterocycles. The lowest BCUT2D eigenvalue weighted by Gasteiger charge is -2.16. The molecule has 7 nitrogen and oxygen atoms in total. The quantitative estimate of drug-likeness (QED) is 0.579. The minimum atomic E-state index is -1.27. The number of rotatable bonds is 2. The van der Waals surface area contributed by atoms with Crippen LogP contribution in [0.5, 0.6) is 0 Å². The van der Waals surface area contributed by atoms with E-state index >= 15 is 0 Å². The summed E-state index contributed by atoms with van der Waals surface area (Å²) < 4.78 is 6.67. The van der Waals surface area contributed by atoms with Gasteiger partial charge in [0.15, 0.2) is 6.23 Å². The number of fused-ring (bicyclic) bond motifs is 1. The van der Waals surface area contributed by atoms with Crippen LogP contribution in [0.25, 0.3) is 11.0 Å². The van der Waals surface area contributed by atoms with Gasteiger partial charge < -0.3 is 25.0 Å². The Bertz CT molecular complexity index is 692. The zero-order chi connectivity index (χ0) is 14.4. The standard InChI is InChI=1S/C13H16N2O5/c1-6-3-2-4-7-9(6)14-13(19)15(7)12-11(18)10(17)8(5-16)20-12/h2-4,8,10-12,16-18H,5H2,1H3,(H,14,19)/t8-,10-,11-,12-/m1/s1. The van der Waals surface area contributed by atoms with Crippen LogP contribution < -0.4 is 5.69 Å². The normalized spacial score (nSPS) is 30.2. The Balaban J connectivity index is 2.14. The van der Waals surface area contributed by atoms with Crippen LogP contribution >= 0.6 is 0 Å². The van der Waals surface area contributed by atoms with Crippen molar-refractivity contribution in [1.29, 1.82) is 0 Å². The van der Waals surface area contributed by atoms with Gasteiger partial charge >= 0.3 is 5.69 Å². The van der Waals surface area contributed by atoms with Gasteiger partial charge in [-0.15, -0.1) is 0 Å². The summed E-state index contributed by atoms with van der Waals surface area (Å²) in [5, 5.41) is 28.9. The van der Waals surface area contributed by atoms with E-state index in [2.05, 4.69) is 4.98 Å². The fourth-order valence-electron chi connectivity index (χ4n) is 2.64. The third-order valence-corrected chi connectivity index (χ3v) is 3.73. The Hall–Kier alpha value is -1.67. The van der Waals surface area contributed by atoms with Crippen LogP contribution in [-0.4, -0.2) is 49.8 Å². The molecule has 20 heavy (non-hydrogen) atoms. The van der Waals surface area contributed by atoms with Crippen molar-refractivity contribution in [2.45, 2.75) is 31.5 Å². The Morgan fingerprint density at radius 2 is 2.10 bits per heavy atom. The zero-order valence-corrected chi connectivity index (χ0v) is 10.9. The molecule has 0 amide bonds. The molecule has 0 aliphatic carbocycles. The number of ether oxygens (including phenoxy) is 1. The highest BCUT2D eigenvalue weighted by Gasteiger charge is 2.44. The molecule has 1 aromatic carbocycles. The summed E-state index contributed by atoms with van der Waals surface area (Å²) in [7, 11) is 0. The lowest BCUT2D eigenvalue weighted by Crippen LogP contribution is -2.34. The number of aliphatic hydroxyl groups is 3. The van der Waals surface area contributed by atoms with E-state index in [9.17, 15) is 15.0 Å². The van der Waals surface area contributed by atoms with Crippen molar-refractivity contribution < 1.29 is 20.1 Å². The lowest BCUT2D eigenvalue weighted by atomic mass is 10.1. The molecule has 2 aromatic rings.